The zero-order chi connectivity index (χ0) is 23.4. The van der Waals surface area contributed by atoms with Crippen LogP contribution in [0.1, 0.15) is 12.0 Å². The van der Waals surface area contributed by atoms with Crippen LogP contribution in [0.5, 0.6) is 0 Å². The molecule has 4 rings (SSSR count). The molecule has 0 aliphatic carbocycles. The number of amidine groups is 1. The van der Waals surface area contributed by atoms with Crippen LogP contribution in [0.2, 0.25) is 10.0 Å². The first-order valence-electron chi connectivity index (χ1n) is 9.99. The molecule has 1 heterocycles. The lowest BCUT2D eigenvalue weighted by atomic mass is 10.2. The number of nitrogens with one attached hydrogen (secondary N) is 1. The van der Waals surface area contributed by atoms with Gasteiger partial charge in [-0.25, -0.2) is 4.99 Å². The van der Waals surface area contributed by atoms with Crippen LogP contribution in [-0.2, 0) is 16.1 Å². The van der Waals surface area contributed by atoms with E-state index in [2.05, 4.69) is 26.2 Å². The predicted molar refractivity (Wildman–Crippen MR) is 139 cm³/mol. The fraction of sp³-hybridized carbons (Fsp3) is 0.125. The van der Waals surface area contributed by atoms with Crippen molar-refractivity contribution in [2.75, 3.05) is 5.32 Å². The average Bonchev–Trinajstić information content (AvgIpc) is 2.78. The van der Waals surface area contributed by atoms with Gasteiger partial charge in [0.05, 0.1) is 12.2 Å². The maximum Gasteiger partial charge on any atom is 0.238 e. The monoisotopic (exact) mass is 561 g/mol. The van der Waals surface area contributed by atoms with Gasteiger partial charge in [-0.15, -0.1) is 0 Å². The Bertz CT molecular complexity index is 1200. The van der Waals surface area contributed by atoms with Gasteiger partial charge in [-0.05, 0) is 60.2 Å². The first-order chi connectivity index (χ1) is 15.9. The Balaban J connectivity index is 1.59. The largest absolute Gasteiger partial charge is 0.325 e. The summed E-state index contributed by atoms with van der Waals surface area (Å²) in [6.07, 6.45) is 0.0672. The molecule has 0 bridgehead atoms. The van der Waals surface area contributed by atoms with Crippen LogP contribution in [0.15, 0.2) is 82.3 Å². The molecule has 0 aromatic heterocycles. The smallest absolute Gasteiger partial charge is 0.238 e. The molecule has 2 amide bonds. The van der Waals surface area contributed by atoms with E-state index in [-0.39, 0.29) is 18.2 Å². The minimum absolute atomic E-state index is 0.0672. The highest BCUT2D eigenvalue weighted by Crippen LogP contribution is 2.31. The van der Waals surface area contributed by atoms with Crippen LogP contribution in [0, 0.1) is 0 Å². The molecule has 1 saturated heterocycles. The van der Waals surface area contributed by atoms with Crippen molar-refractivity contribution in [3.8, 4) is 0 Å². The third-order valence-corrected chi connectivity index (χ3v) is 7.01. The van der Waals surface area contributed by atoms with E-state index < -0.39 is 5.25 Å². The van der Waals surface area contributed by atoms with E-state index in [0.717, 1.165) is 10.0 Å². The fourth-order valence-electron chi connectivity index (χ4n) is 3.18. The maximum absolute atomic E-state index is 13.1. The second kappa shape index (κ2) is 10.7. The lowest BCUT2D eigenvalue weighted by Gasteiger charge is -2.32. The van der Waals surface area contributed by atoms with Crippen molar-refractivity contribution in [1.29, 1.82) is 0 Å². The highest BCUT2D eigenvalue weighted by molar-refractivity contribution is 9.10. The van der Waals surface area contributed by atoms with Gasteiger partial charge >= 0.3 is 0 Å². The van der Waals surface area contributed by atoms with Crippen LogP contribution < -0.4 is 5.32 Å². The molecule has 1 atom stereocenters. The van der Waals surface area contributed by atoms with Crippen LogP contribution in [-0.4, -0.2) is 27.1 Å². The summed E-state index contributed by atoms with van der Waals surface area (Å²) in [4.78, 5) is 32.4. The molecule has 0 spiro atoms. The van der Waals surface area contributed by atoms with E-state index in [1.165, 1.54) is 11.8 Å². The molecule has 0 radical (unpaired) electrons. The Morgan fingerprint density at radius 2 is 1.73 bits per heavy atom. The molecule has 168 valence electrons. The molecule has 3 aromatic carbocycles. The molecule has 5 nitrogen and oxygen atoms in total. The van der Waals surface area contributed by atoms with Gasteiger partial charge in [0.1, 0.15) is 5.25 Å². The Morgan fingerprint density at radius 3 is 2.39 bits per heavy atom. The number of amides is 2. The zero-order valence-corrected chi connectivity index (χ0v) is 21.1. The summed E-state index contributed by atoms with van der Waals surface area (Å²) in [7, 11) is 0. The van der Waals surface area contributed by atoms with Crippen molar-refractivity contribution < 1.29 is 9.59 Å². The van der Waals surface area contributed by atoms with Crippen molar-refractivity contribution in [2.24, 2.45) is 4.99 Å². The van der Waals surface area contributed by atoms with Gasteiger partial charge in [0, 0.05) is 26.6 Å². The van der Waals surface area contributed by atoms with Crippen LogP contribution in [0.3, 0.4) is 0 Å². The van der Waals surface area contributed by atoms with Crippen LogP contribution >= 0.6 is 50.9 Å². The summed E-state index contributed by atoms with van der Waals surface area (Å²) in [5, 5.41) is 3.95. The first-order valence-corrected chi connectivity index (χ1v) is 12.4. The highest BCUT2D eigenvalue weighted by atomic mass is 79.9. The minimum Gasteiger partial charge on any atom is -0.325 e. The molecule has 3 aromatic rings. The number of aliphatic imine (C=N–C) groups is 1. The SMILES string of the molecule is O=C(Nc1cccc(Br)c1)C1CC(=O)N(Cc2ccc(Cl)cc2)C(=Nc2ccc(Cl)cc2)S1. The molecule has 1 unspecified atom stereocenters. The number of thioether (sulfide) groups is 1. The highest BCUT2D eigenvalue weighted by Gasteiger charge is 2.36. The van der Waals surface area contributed by atoms with Gasteiger partial charge in [0.25, 0.3) is 0 Å². The van der Waals surface area contributed by atoms with E-state index >= 15 is 0 Å². The number of carbonyl (C=O) groups excluding carboxylic acids is 2. The van der Waals surface area contributed by atoms with Crippen LogP contribution in [0.4, 0.5) is 11.4 Å². The summed E-state index contributed by atoms with van der Waals surface area (Å²) in [6, 6.07) is 21.6. The zero-order valence-electron chi connectivity index (χ0n) is 17.2. The molecule has 1 aliphatic heterocycles. The van der Waals surface area contributed by atoms with Crippen molar-refractivity contribution in [3.63, 3.8) is 0 Å². The van der Waals surface area contributed by atoms with Gasteiger partial charge in [-0.2, -0.15) is 0 Å². The quantitative estimate of drug-likeness (QED) is 0.367. The molecular weight excluding hydrogens is 545 g/mol. The van der Waals surface area contributed by atoms with E-state index in [4.69, 9.17) is 23.2 Å². The number of carbonyl (C=O) groups is 2. The average molecular weight is 563 g/mol. The van der Waals surface area contributed by atoms with E-state index in [0.29, 0.717) is 33.1 Å². The molecule has 1 aliphatic rings. The summed E-state index contributed by atoms with van der Waals surface area (Å²) in [5.41, 5.74) is 2.21. The molecule has 1 fully saturated rings. The number of rotatable bonds is 5. The Labute approximate surface area is 214 Å². The van der Waals surface area contributed by atoms with Gasteiger partial charge in [-0.1, -0.05) is 69.1 Å². The number of benzene rings is 3. The number of hydrogen-bond acceptors (Lipinski definition) is 4. The third kappa shape index (κ3) is 6.38. The summed E-state index contributed by atoms with van der Waals surface area (Å²) in [6.45, 7) is 0.329. The summed E-state index contributed by atoms with van der Waals surface area (Å²) in [5.74, 6) is -0.424. The van der Waals surface area contributed by atoms with E-state index in [1.54, 1.807) is 47.4 Å². The van der Waals surface area contributed by atoms with Crippen molar-refractivity contribution in [3.05, 3.63) is 92.9 Å². The second-order valence-electron chi connectivity index (χ2n) is 7.29. The Morgan fingerprint density at radius 1 is 1.06 bits per heavy atom. The minimum atomic E-state index is -0.607. The van der Waals surface area contributed by atoms with Crippen molar-refractivity contribution in [1.82, 2.24) is 4.90 Å². The van der Waals surface area contributed by atoms with Gasteiger partial charge in [-0.3, -0.25) is 14.5 Å². The molecule has 9 heteroatoms. The fourth-order valence-corrected chi connectivity index (χ4v) is 4.93. The predicted octanol–water partition coefficient (Wildman–Crippen LogP) is 6.92. The maximum atomic E-state index is 13.1. The molecule has 1 N–H and O–H groups in total. The van der Waals surface area contributed by atoms with Crippen LogP contribution in [0.25, 0.3) is 0 Å². The third-order valence-electron chi connectivity index (χ3n) is 4.83. The molecular formula is C24H18BrCl2N3O2S. The number of nitrogens with zero attached hydrogens (tertiary/aromatic N) is 2. The molecule has 33 heavy (non-hydrogen) atoms. The van der Waals surface area contributed by atoms with E-state index in [9.17, 15) is 9.59 Å². The summed E-state index contributed by atoms with van der Waals surface area (Å²) < 4.78 is 0.854. The molecule has 0 saturated carbocycles. The number of halogens is 3. The lowest BCUT2D eigenvalue weighted by Crippen LogP contribution is -2.44. The topological polar surface area (TPSA) is 61.8 Å². The number of anilines is 1. The van der Waals surface area contributed by atoms with E-state index in [1.807, 2.05) is 30.3 Å². The van der Waals surface area contributed by atoms with Crippen molar-refractivity contribution in [2.45, 2.75) is 18.2 Å². The first kappa shape index (κ1) is 23.8. The van der Waals surface area contributed by atoms with Gasteiger partial charge in [0.2, 0.25) is 11.8 Å². The second-order valence-corrected chi connectivity index (χ2v) is 10.2. The lowest BCUT2D eigenvalue weighted by molar-refractivity contribution is -0.129. The Kier molecular flexibility index (Phi) is 7.75. The van der Waals surface area contributed by atoms with Crippen molar-refractivity contribution >= 4 is 79.3 Å². The van der Waals surface area contributed by atoms with Gasteiger partial charge in [0.15, 0.2) is 5.17 Å². The summed E-state index contributed by atoms with van der Waals surface area (Å²) >= 11 is 16.7. The Hall–Kier alpha value is -2.32. The normalized spacial score (nSPS) is 17.3. The van der Waals surface area contributed by atoms with Gasteiger partial charge < -0.3 is 5.32 Å². The standard InChI is InChI=1S/C24H18BrCl2N3O2S/c25-16-2-1-3-20(12-16)28-23(32)21-13-22(31)30(14-15-4-6-17(26)7-5-15)24(33-21)29-19-10-8-18(27)9-11-19/h1-12,21H,13-14H2,(H,28,32). The number of hydrogen-bond donors (Lipinski definition) is 1.